The van der Waals surface area contributed by atoms with Gasteiger partial charge in [0.2, 0.25) is 5.91 Å². The molecule has 1 aliphatic rings. The van der Waals surface area contributed by atoms with Crippen LogP contribution >= 0.6 is 0 Å². The summed E-state index contributed by atoms with van der Waals surface area (Å²) in [4.78, 5) is 29.3. The zero-order chi connectivity index (χ0) is 29.8. The van der Waals surface area contributed by atoms with Crippen LogP contribution < -0.4 is 15.0 Å². The van der Waals surface area contributed by atoms with Crippen LogP contribution in [0, 0.1) is 11.3 Å². The van der Waals surface area contributed by atoms with Crippen molar-refractivity contribution in [1.82, 2.24) is 5.32 Å². The Morgan fingerprint density at radius 2 is 1.51 bits per heavy atom. The smallest absolute Gasteiger partial charge is 0.409 e. The molecule has 41 heavy (non-hydrogen) atoms. The van der Waals surface area contributed by atoms with Gasteiger partial charge in [-0.05, 0) is 47.7 Å². The second-order valence-corrected chi connectivity index (χ2v) is 11.8. The van der Waals surface area contributed by atoms with E-state index in [1.807, 2.05) is 60.7 Å². The minimum absolute atomic E-state index is 0.0498. The van der Waals surface area contributed by atoms with Crippen molar-refractivity contribution in [3.05, 3.63) is 109 Å². The first-order valence-corrected chi connectivity index (χ1v) is 14.6. The normalized spacial score (nSPS) is 19.8. The first-order valence-electron chi connectivity index (χ1n) is 13.7. The standard InChI is InChI=1S/C33H40N2O5Si/c1-7-22-39-30(37)34-28-27(29(36)35(28)25-18-20-26(38-6)21-19-25)33(31(2,3)4,24-16-12-9-13-17-24)32(5,40-41)23-14-10-8-11-15-23/h7-21,27-28H,1,22H2,2-6,41H3,(H,34,37)/t27-,28+,32-,33?/m0/s1. The number of carbonyl (C=O) groups excluding carboxylic acids is 2. The molecule has 0 aliphatic carbocycles. The lowest BCUT2D eigenvalue weighted by Crippen LogP contribution is -2.78. The molecular weight excluding hydrogens is 532 g/mol. The van der Waals surface area contributed by atoms with Gasteiger partial charge in [0, 0.05) is 11.1 Å². The summed E-state index contributed by atoms with van der Waals surface area (Å²) in [5.74, 6) is -0.159. The third kappa shape index (κ3) is 5.06. The van der Waals surface area contributed by atoms with Gasteiger partial charge >= 0.3 is 6.09 Å². The average molecular weight is 573 g/mol. The van der Waals surface area contributed by atoms with Crippen molar-refractivity contribution < 1.29 is 23.5 Å². The summed E-state index contributed by atoms with van der Waals surface area (Å²) in [7, 11) is 2.01. The van der Waals surface area contributed by atoms with Gasteiger partial charge in [-0.15, -0.1) is 0 Å². The number of β-lactam (4-membered cyclic amide) rings is 1. The summed E-state index contributed by atoms with van der Waals surface area (Å²) in [5, 5.41) is 3.02. The number of alkyl carbamates (subject to hydrolysis) is 1. The van der Waals surface area contributed by atoms with Crippen molar-refractivity contribution in [3.63, 3.8) is 0 Å². The van der Waals surface area contributed by atoms with E-state index in [0.717, 1.165) is 11.1 Å². The highest BCUT2D eigenvalue weighted by atomic mass is 28.2. The van der Waals surface area contributed by atoms with Gasteiger partial charge < -0.3 is 13.9 Å². The van der Waals surface area contributed by atoms with Crippen LogP contribution in [0.25, 0.3) is 0 Å². The number of benzene rings is 3. The van der Waals surface area contributed by atoms with Crippen molar-refractivity contribution >= 4 is 28.2 Å². The number of anilines is 1. The molecule has 4 rings (SSSR count). The summed E-state index contributed by atoms with van der Waals surface area (Å²) in [5.41, 5.74) is 0.162. The zero-order valence-corrected chi connectivity index (χ0v) is 26.7. The molecule has 7 nitrogen and oxygen atoms in total. The summed E-state index contributed by atoms with van der Waals surface area (Å²) in [6, 6.07) is 27.3. The Balaban J connectivity index is 1.99. The molecule has 4 atom stereocenters. The minimum atomic E-state index is -0.933. The molecule has 216 valence electrons. The maximum Gasteiger partial charge on any atom is 0.409 e. The largest absolute Gasteiger partial charge is 0.497 e. The number of carbonyl (C=O) groups is 2. The van der Waals surface area contributed by atoms with Crippen LogP contribution in [-0.2, 0) is 25.0 Å². The number of ether oxygens (including phenoxy) is 2. The Morgan fingerprint density at radius 3 is 2.00 bits per heavy atom. The van der Waals surface area contributed by atoms with E-state index in [1.165, 1.54) is 6.08 Å². The van der Waals surface area contributed by atoms with E-state index >= 15 is 0 Å². The Kier molecular flexibility index (Phi) is 8.75. The monoisotopic (exact) mass is 572 g/mol. The predicted molar refractivity (Wildman–Crippen MR) is 165 cm³/mol. The topological polar surface area (TPSA) is 77.1 Å². The maximum atomic E-state index is 14.6. The van der Waals surface area contributed by atoms with Crippen molar-refractivity contribution in [1.29, 1.82) is 0 Å². The van der Waals surface area contributed by atoms with Gasteiger partial charge in [0.25, 0.3) is 0 Å². The molecule has 3 aromatic carbocycles. The van der Waals surface area contributed by atoms with E-state index in [9.17, 15) is 9.59 Å². The Bertz CT molecular complexity index is 1360. The van der Waals surface area contributed by atoms with E-state index < -0.39 is 34.6 Å². The zero-order valence-electron chi connectivity index (χ0n) is 24.7. The molecular formula is C33H40N2O5Si. The van der Waals surface area contributed by atoms with E-state index in [4.69, 9.17) is 13.9 Å². The Labute approximate surface area is 246 Å². The molecule has 8 heteroatoms. The van der Waals surface area contributed by atoms with Gasteiger partial charge in [0.05, 0.1) is 18.6 Å². The lowest BCUT2D eigenvalue weighted by atomic mass is 9.45. The molecule has 1 unspecified atom stereocenters. The van der Waals surface area contributed by atoms with Gasteiger partial charge in [-0.1, -0.05) is 94.1 Å². The van der Waals surface area contributed by atoms with Crippen LogP contribution in [0.2, 0.25) is 0 Å². The SMILES string of the molecule is C=CCOC(=O)N[C@H]1[C@H](C(c2ccccc2)(C(C)(C)C)[C@@](C)(O[SiH3])c2ccccc2)C(=O)N1c1ccc(OC)cc1. The molecule has 1 saturated heterocycles. The highest BCUT2D eigenvalue weighted by molar-refractivity contribution is 6.05. The molecule has 1 N–H and O–H groups in total. The molecule has 0 saturated carbocycles. The highest BCUT2D eigenvalue weighted by Gasteiger charge is 2.70. The van der Waals surface area contributed by atoms with Crippen LogP contribution in [-0.4, -0.2) is 42.4 Å². The van der Waals surface area contributed by atoms with E-state index in [-0.39, 0.29) is 12.5 Å². The number of rotatable bonds is 10. The average Bonchev–Trinajstić information content (AvgIpc) is 2.98. The van der Waals surface area contributed by atoms with Crippen LogP contribution in [0.1, 0.15) is 38.8 Å². The highest BCUT2D eigenvalue weighted by Crippen LogP contribution is 2.62. The molecule has 3 aromatic rings. The number of hydrogen-bond donors (Lipinski definition) is 1. The third-order valence-corrected chi connectivity index (χ3v) is 9.23. The quantitative estimate of drug-likeness (QED) is 0.208. The Hall–Kier alpha value is -3.88. The second kappa shape index (κ2) is 11.9. The van der Waals surface area contributed by atoms with Gasteiger partial charge in [0.15, 0.2) is 0 Å². The van der Waals surface area contributed by atoms with Crippen molar-refractivity contribution in [3.8, 4) is 5.75 Å². The van der Waals surface area contributed by atoms with Crippen molar-refractivity contribution in [2.75, 3.05) is 18.6 Å². The fourth-order valence-corrected chi connectivity index (χ4v) is 7.27. The molecule has 0 aromatic heterocycles. The number of nitrogens with zero attached hydrogens (tertiary/aromatic N) is 1. The van der Waals surface area contributed by atoms with Gasteiger partial charge in [0.1, 0.15) is 29.0 Å². The summed E-state index contributed by atoms with van der Waals surface area (Å²) in [6.45, 7) is 12.2. The molecule has 0 spiro atoms. The maximum absolute atomic E-state index is 14.6. The van der Waals surface area contributed by atoms with Crippen LogP contribution in [0.3, 0.4) is 0 Å². The fourth-order valence-electron chi connectivity index (χ4n) is 6.72. The number of methoxy groups -OCH3 is 1. The summed E-state index contributed by atoms with van der Waals surface area (Å²) >= 11 is 0. The first-order chi connectivity index (χ1) is 19.6. The molecule has 0 bridgehead atoms. The fraction of sp³-hybridized carbons (Fsp3) is 0.333. The Morgan fingerprint density at radius 1 is 0.951 bits per heavy atom. The number of amides is 2. The van der Waals surface area contributed by atoms with Gasteiger partial charge in [-0.25, -0.2) is 4.79 Å². The molecule has 0 radical (unpaired) electrons. The molecule has 1 aliphatic heterocycles. The molecule has 1 fully saturated rings. The lowest BCUT2D eigenvalue weighted by Gasteiger charge is -2.65. The minimum Gasteiger partial charge on any atom is -0.497 e. The summed E-state index contributed by atoms with van der Waals surface area (Å²) < 4.78 is 17.3. The second-order valence-electron chi connectivity index (χ2n) is 11.4. The predicted octanol–water partition coefficient (Wildman–Crippen LogP) is 5.09. The van der Waals surface area contributed by atoms with E-state index in [1.54, 1.807) is 24.1 Å². The first kappa shape index (κ1) is 30.1. The lowest BCUT2D eigenvalue weighted by molar-refractivity contribution is -0.156. The van der Waals surface area contributed by atoms with Gasteiger partial charge in [-0.2, -0.15) is 0 Å². The van der Waals surface area contributed by atoms with Crippen molar-refractivity contribution in [2.45, 2.75) is 44.9 Å². The van der Waals surface area contributed by atoms with E-state index in [2.05, 4.69) is 51.7 Å². The van der Waals surface area contributed by atoms with Crippen LogP contribution in [0.5, 0.6) is 5.75 Å². The van der Waals surface area contributed by atoms with Gasteiger partial charge in [-0.3, -0.25) is 15.0 Å². The summed E-state index contributed by atoms with van der Waals surface area (Å²) in [6.07, 6.45) is 0.151. The number of nitrogens with one attached hydrogen (secondary N) is 1. The van der Waals surface area contributed by atoms with Crippen molar-refractivity contribution in [2.24, 2.45) is 11.3 Å². The number of hydrogen-bond acceptors (Lipinski definition) is 5. The van der Waals surface area contributed by atoms with Crippen LogP contribution in [0.4, 0.5) is 10.5 Å². The van der Waals surface area contributed by atoms with Crippen LogP contribution in [0.15, 0.2) is 97.6 Å². The molecule has 1 heterocycles. The van der Waals surface area contributed by atoms with E-state index in [0.29, 0.717) is 21.9 Å². The third-order valence-electron chi connectivity index (χ3n) is 8.41. The molecule has 2 amide bonds.